The van der Waals surface area contributed by atoms with Crippen molar-refractivity contribution in [2.24, 2.45) is 29.1 Å². The molecule has 7 atom stereocenters. The van der Waals surface area contributed by atoms with Crippen LogP contribution in [0.3, 0.4) is 0 Å². The minimum Gasteiger partial charge on any atom is -0.387 e. The first kappa shape index (κ1) is 21.1. The Balaban J connectivity index is 1.59. The number of rotatable bonds is 4. The van der Waals surface area contributed by atoms with Crippen LogP contribution < -0.4 is 0 Å². The quantitative estimate of drug-likeness (QED) is 0.680. The Bertz CT molecular complexity index is 906. The van der Waals surface area contributed by atoms with Gasteiger partial charge in [-0.25, -0.2) is 0 Å². The fourth-order valence-electron chi connectivity index (χ4n) is 8.06. The molecule has 3 saturated carbocycles. The molecule has 0 amide bonds. The average Bonchev–Trinajstić information content (AvgIpc) is 3.03. The zero-order chi connectivity index (χ0) is 21.8. The zero-order valence-corrected chi connectivity index (χ0v) is 18.8. The minimum absolute atomic E-state index is 0.166. The number of aliphatic hydroxyl groups is 1. The zero-order valence-electron chi connectivity index (χ0n) is 18.8. The molecule has 3 fully saturated rings. The van der Waals surface area contributed by atoms with E-state index in [1.807, 2.05) is 18.2 Å². The largest absolute Gasteiger partial charge is 0.387 e. The Hall–Kier alpha value is -1.78. The van der Waals surface area contributed by atoms with E-state index in [4.69, 9.17) is 10.1 Å². The molecule has 4 aliphatic rings. The monoisotopic (exact) mass is 421 g/mol. The number of fused-ring (bicyclic) bond motifs is 5. The van der Waals surface area contributed by atoms with Gasteiger partial charge in [0.1, 0.15) is 0 Å². The predicted molar refractivity (Wildman–Crippen MR) is 121 cm³/mol. The lowest BCUT2D eigenvalue weighted by Crippen LogP contribution is -2.56. The number of nitrogens with one attached hydrogen (secondary N) is 1. The van der Waals surface area contributed by atoms with Crippen LogP contribution in [-0.2, 0) is 9.53 Å². The fourth-order valence-corrected chi connectivity index (χ4v) is 8.06. The second-order valence-corrected chi connectivity index (χ2v) is 10.8. The molecule has 0 heterocycles. The first-order valence-corrected chi connectivity index (χ1v) is 12.0. The van der Waals surface area contributed by atoms with Crippen molar-refractivity contribution < 1.29 is 14.6 Å². The van der Waals surface area contributed by atoms with Gasteiger partial charge in [0, 0.05) is 25.2 Å². The molecular formula is C27H35NO3. The summed E-state index contributed by atoms with van der Waals surface area (Å²) < 4.78 is 5.53. The van der Waals surface area contributed by atoms with E-state index < -0.39 is 5.60 Å². The molecule has 4 nitrogen and oxygen atoms in total. The van der Waals surface area contributed by atoms with E-state index in [1.54, 1.807) is 7.11 Å². The minimum atomic E-state index is -0.775. The second-order valence-electron chi connectivity index (χ2n) is 10.8. The highest BCUT2D eigenvalue weighted by Crippen LogP contribution is 2.68. The summed E-state index contributed by atoms with van der Waals surface area (Å²) in [5.74, 6) is 2.76. The number of ketones is 1. The van der Waals surface area contributed by atoms with Crippen LogP contribution in [0.1, 0.15) is 68.9 Å². The van der Waals surface area contributed by atoms with Crippen molar-refractivity contribution in [3.63, 3.8) is 0 Å². The van der Waals surface area contributed by atoms with Gasteiger partial charge < -0.3 is 15.3 Å². The Kier molecular flexibility index (Phi) is 5.22. The molecule has 1 aromatic carbocycles. The molecule has 0 bridgehead atoms. The summed E-state index contributed by atoms with van der Waals surface area (Å²) in [6.45, 7) is 2.72. The molecule has 0 radical (unpaired) electrons. The third kappa shape index (κ3) is 3.17. The van der Waals surface area contributed by atoms with Gasteiger partial charge in [-0.05, 0) is 85.3 Å². The van der Waals surface area contributed by atoms with Crippen molar-refractivity contribution in [1.82, 2.24) is 0 Å². The lowest BCUT2D eigenvalue weighted by molar-refractivity contribution is -0.150. The van der Waals surface area contributed by atoms with Crippen molar-refractivity contribution in [2.45, 2.75) is 63.4 Å². The third-order valence-electron chi connectivity index (χ3n) is 9.54. The molecule has 0 saturated heterocycles. The highest BCUT2D eigenvalue weighted by Gasteiger charge is 2.64. The highest BCUT2D eigenvalue weighted by molar-refractivity contribution is 5.91. The van der Waals surface area contributed by atoms with E-state index in [-0.39, 0.29) is 5.41 Å². The van der Waals surface area contributed by atoms with Crippen LogP contribution in [0.25, 0.3) is 0 Å². The van der Waals surface area contributed by atoms with E-state index in [9.17, 15) is 9.90 Å². The summed E-state index contributed by atoms with van der Waals surface area (Å²) in [7, 11) is 1.70. The summed E-state index contributed by atoms with van der Waals surface area (Å²) in [4.78, 5) is 12.1. The third-order valence-corrected chi connectivity index (χ3v) is 9.54. The number of carbonyl (C=O) groups is 1. The summed E-state index contributed by atoms with van der Waals surface area (Å²) in [5.41, 5.74) is 2.69. The molecule has 4 heteroatoms. The summed E-state index contributed by atoms with van der Waals surface area (Å²) in [6, 6.07) is 8.49. The normalized spacial score (nSPS) is 41.7. The van der Waals surface area contributed by atoms with Gasteiger partial charge in [0.25, 0.3) is 0 Å². The molecule has 4 aliphatic carbocycles. The Labute approximate surface area is 185 Å². The van der Waals surface area contributed by atoms with Crippen LogP contribution >= 0.6 is 0 Å². The first-order valence-electron chi connectivity index (χ1n) is 12.0. The fraction of sp³-hybridized carbons (Fsp3) is 0.630. The van der Waals surface area contributed by atoms with Crippen LogP contribution in [-0.4, -0.2) is 36.4 Å². The Morgan fingerprint density at radius 3 is 2.65 bits per heavy atom. The molecule has 166 valence electrons. The van der Waals surface area contributed by atoms with Crippen LogP contribution in [0.15, 0.2) is 35.9 Å². The molecule has 0 spiro atoms. The second kappa shape index (κ2) is 7.67. The van der Waals surface area contributed by atoms with E-state index in [0.29, 0.717) is 48.4 Å². The SMILES string of the molecule is COC[C@]1(O)CCC2C3CCC4=CC(=O)CCC4C3C(c3ccc(C=N)cc3)CC21C. The smallest absolute Gasteiger partial charge is 0.155 e. The maximum Gasteiger partial charge on any atom is 0.155 e. The Morgan fingerprint density at radius 1 is 1.16 bits per heavy atom. The average molecular weight is 422 g/mol. The summed E-state index contributed by atoms with van der Waals surface area (Å²) in [6.07, 6.45) is 10.0. The standard InChI is InChI=1S/C27H35NO3/c1-26-14-23(18-5-3-17(15-28)4-6-18)25-21-10-8-20(29)13-19(21)7-9-22(25)24(26)11-12-27(26,30)16-31-2/h3-6,13,15,21-25,28,30H,7-12,14,16H2,1-2H3/t21?,22?,23?,24?,25?,26?,27-/m1/s1. The number of carbonyl (C=O) groups excluding carboxylic acids is 1. The van der Waals surface area contributed by atoms with Gasteiger partial charge in [-0.3, -0.25) is 4.79 Å². The summed E-state index contributed by atoms with van der Waals surface area (Å²) >= 11 is 0. The van der Waals surface area contributed by atoms with Crippen molar-refractivity contribution in [3.8, 4) is 0 Å². The molecule has 0 aromatic heterocycles. The van der Waals surface area contributed by atoms with Crippen molar-refractivity contribution in [2.75, 3.05) is 13.7 Å². The topological polar surface area (TPSA) is 70.4 Å². The molecule has 5 rings (SSSR count). The number of benzene rings is 1. The van der Waals surface area contributed by atoms with Crippen LogP contribution in [0.2, 0.25) is 0 Å². The van der Waals surface area contributed by atoms with Gasteiger partial charge in [-0.15, -0.1) is 0 Å². The lowest BCUT2D eigenvalue weighted by atomic mass is 9.46. The number of hydrogen-bond acceptors (Lipinski definition) is 4. The van der Waals surface area contributed by atoms with E-state index in [2.05, 4.69) is 19.1 Å². The molecule has 6 unspecified atom stereocenters. The van der Waals surface area contributed by atoms with Crippen molar-refractivity contribution in [3.05, 3.63) is 47.0 Å². The molecule has 31 heavy (non-hydrogen) atoms. The molecule has 0 aliphatic heterocycles. The maximum absolute atomic E-state index is 12.1. The van der Waals surface area contributed by atoms with Gasteiger partial charge in [0.15, 0.2) is 5.78 Å². The van der Waals surface area contributed by atoms with Gasteiger partial charge in [0.05, 0.1) is 12.2 Å². The molecule has 1 aromatic rings. The van der Waals surface area contributed by atoms with Crippen LogP contribution in [0, 0.1) is 34.5 Å². The van der Waals surface area contributed by atoms with Gasteiger partial charge >= 0.3 is 0 Å². The number of hydrogen-bond donors (Lipinski definition) is 2. The van der Waals surface area contributed by atoms with E-state index >= 15 is 0 Å². The van der Waals surface area contributed by atoms with Crippen LogP contribution in [0.4, 0.5) is 0 Å². The van der Waals surface area contributed by atoms with E-state index in [0.717, 1.165) is 44.1 Å². The maximum atomic E-state index is 12.1. The predicted octanol–water partition coefficient (Wildman–Crippen LogP) is 4.90. The summed E-state index contributed by atoms with van der Waals surface area (Å²) in [5, 5.41) is 19.3. The Morgan fingerprint density at radius 2 is 1.94 bits per heavy atom. The lowest BCUT2D eigenvalue weighted by Gasteiger charge is -2.58. The van der Waals surface area contributed by atoms with E-state index in [1.165, 1.54) is 17.4 Å². The van der Waals surface area contributed by atoms with Crippen molar-refractivity contribution in [1.29, 1.82) is 5.41 Å². The van der Waals surface area contributed by atoms with Gasteiger partial charge in [-0.1, -0.05) is 36.8 Å². The highest BCUT2D eigenvalue weighted by atomic mass is 16.5. The van der Waals surface area contributed by atoms with Gasteiger partial charge in [0.2, 0.25) is 0 Å². The molecular weight excluding hydrogens is 386 g/mol. The van der Waals surface area contributed by atoms with Crippen LogP contribution in [0.5, 0.6) is 0 Å². The number of ether oxygens (including phenoxy) is 1. The first-order chi connectivity index (χ1) is 14.9. The van der Waals surface area contributed by atoms with Crippen molar-refractivity contribution >= 4 is 12.0 Å². The number of methoxy groups -OCH3 is 1. The number of allylic oxidation sites excluding steroid dienone is 1. The molecule has 2 N–H and O–H groups in total. The van der Waals surface area contributed by atoms with Gasteiger partial charge in [-0.2, -0.15) is 0 Å².